The number of benzene rings is 2. The molecule has 5 heteroatoms. The van der Waals surface area contributed by atoms with Crippen LogP contribution in [0.15, 0.2) is 48.5 Å². The summed E-state index contributed by atoms with van der Waals surface area (Å²) in [7, 11) is 0. The zero-order chi connectivity index (χ0) is 18.4. The van der Waals surface area contributed by atoms with Gasteiger partial charge >= 0.3 is 0 Å². The van der Waals surface area contributed by atoms with Crippen LogP contribution in [0.25, 0.3) is 0 Å². The predicted molar refractivity (Wildman–Crippen MR) is 103 cm³/mol. The van der Waals surface area contributed by atoms with E-state index in [-0.39, 0.29) is 11.9 Å². The van der Waals surface area contributed by atoms with E-state index in [1.165, 1.54) is 0 Å². The van der Waals surface area contributed by atoms with Crippen LogP contribution >= 0.6 is 0 Å². The highest BCUT2D eigenvalue weighted by atomic mass is 16.5. The molecule has 26 heavy (non-hydrogen) atoms. The molecule has 1 aliphatic heterocycles. The Hall–Kier alpha value is -2.69. The van der Waals surface area contributed by atoms with Crippen LogP contribution in [-0.4, -0.2) is 36.5 Å². The van der Waals surface area contributed by atoms with Crippen LogP contribution in [0.5, 0.6) is 17.2 Å². The zero-order valence-corrected chi connectivity index (χ0v) is 15.4. The van der Waals surface area contributed by atoms with Gasteiger partial charge in [-0.3, -0.25) is 4.79 Å². The third-order valence-corrected chi connectivity index (χ3v) is 4.40. The molecule has 2 aromatic rings. The molecule has 0 aliphatic carbocycles. The SMILES string of the molecule is CCOc1ccc(Oc2ccc(N[C@H](C)C(=O)N3CCCC3)cc2)cc1. The topological polar surface area (TPSA) is 50.8 Å². The first-order valence-corrected chi connectivity index (χ1v) is 9.22. The normalized spacial score (nSPS) is 14.8. The predicted octanol–water partition coefficient (Wildman–Crippen LogP) is 4.30. The van der Waals surface area contributed by atoms with E-state index in [2.05, 4.69) is 5.32 Å². The van der Waals surface area contributed by atoms with Gasteiger partial charge in [0, 0.05) is 18.8 Å². The number of likely N-dealkylation sites (tertiary alicyclic amines) is 1. The first-order chi connectivity index (χ1) is 12.7. The lowest BCUT2D eigenvalue weighted by molar-refractivity contribution is -0.130. The lowest BCUT2D eigenvalue weighted by Gasteiger charge is -2.22. The number of carbonyl (C=O) groups excluding carboxylic acids is 1. The maximum atomic E-state index is 12.4. The summed E-state index contributed by atoms with van der Waals surface area (Å²) in [5.41, 5.74) is 0.907. The van der Waals surface area contributed by atoms with Gasteiger partial charge in [0.2, 0.25) is 5.91 Å². The smallest absolute Gasteiger partial charge is 0.244 e. The minimum Gasteiger partial charge on any atom is -0.494 e. The molecule has 0 saturated carbocycles. The van der Waals surface area contributed by atoms with Crippen molar-refractivity contribution in [1.29, 1.82) is 0 Å². The molecular formula is C21H26N2O3. The molecule has 5 nitrogen and oxygen atoms in total. The number of rotatable bonds is 7. The minimum atomic E-state index is -0.231. The van der Waals surface area contributed by atoms with Crippen LogP contribution in [0.3, 0.4) is 0 Å². The van der Waals surface area contributed by atoms with Gasteiger partial charge in [-0.2, -0.15) is 0 Å². The molecule has 1 fully saturated rings. The van der Waals surface area contributed by atoms with Crippen molar-refractivity contribution >= 4 is 11.6 Å². The molecule has 0 unspecified atom stereocenters. The second kappa shape index (κ2) is 8.61. The van der Waals surface area contributed by atoms with Crippen molar-refractivity contribution in [2.24, 2.45) is 0 Å². The number of carbonyl (C=O) groups is 1. The van der Waals surface area contributed by atoms with Gasteiger partial charge in [-0.15, -0.1) is 0 Å². The number of ether oxygens (including phenoxy) is 2. The molecule has 138 valence electrons. The summed E-state index contributed by atoms with van der Waals surface area (Å²) >= 11 is 0. The quantitative estimate of drug-likeness (QED) is 0.805. The second-order valence-corrected chi connectivity index (χ2v) is 6.43. The van der Waals surface area contributed by atoms with Gasteiger partial charge in [-0.1, -0.05) is 0 Å². The summed E-state index contributed by atoms with van der Waals surface area (Å²) in [4.78, 5) is 14.3. The first kappa shape index (κ1) is 18.1. The molecule has 0 radical (unpaired) electrons. The first-order valence-electron chi connectivity index (χ1n) is 9.22. The highest BCUT2D eigenvalue weighted by molar-refractivity contribution is 5.84. The number of anilines is 1. The van der Waals surface area contributed by atoms with E-state index in [9.17, 15) is 4.79 Å². The summed E-state index contributed by atoms with van der Waals surface area (Å²) in [5, 5.41) is 3.27. The van der Waals surface area contributed by atoms with Crippen LogP contribution in [-0.2, 0) is 4.79 Å². The average molecular weight is 354 g/mol. The van der Waals surface area contributed by atoms with Crippen LogP contribution in [0.1, 0.15) is 26.7 Å². The lowest BCUT2D eigenvalue weighted by atomic mass is 10.2. The number of hydrogen-bond acceptors (Lipinski definition) is 4. The van der Waals surface area contributed by atoms with Crippen molar-refractivity contribution in [3.63, 3.8) is 0 Å². The van der Waals surface area contributed by atoms with Gasteiger partial charge < -0.3 is 19.7 Å². The van der Waals surface area contributed by atoms with Crippen molar-refractivity contribution < 1.29 is 14.3 Å². The van der Waals surface area contributed by atoms with Crippen LogP contribution in [0, 0.1) is 0 Å². The van der Waals surface area contributed by atoms with Crippen molar-refractivity contribution in [3.8, 4) is 17.2 Å². The van der Waals surface area contributed by atoms with Crippen LogP contribution in [0.4, 0.5) is 5.69 Å². The number of amides is 1. The van der Waals surface area contributed by atoms with E-state index in [0.717, 1.165) is 48.9 Å². The Labute approximate surface area is 154 Å². The molecule has 0 aromatic heterocycles. The molecule has 1 saturated heterocycles. The number of nitrogens with one attached hydrogen (secondary N) is 1. The Morgan fingerprint density at radius 2 is 1.54 bits per heavy atom. The number of hydrogen-bond donors (Lipinski definition) is 1. The molecule has 1 aliphatic rings. The van der Waals surface area contributed by atoms with Gasteiger partial charge in [-0.05, 0) is 75.2 Å². The Balaban J connectivity index is 1.55. The fourth-order valence-electron chi connectivity index (χ4n) is 3.05. The van der Waals surface area contributed by atoms with Gasteiger partial charge in [-0.25, -0.2) is 0 Å². The van der Waals surface area contributed by atoms with E-state index < -0.39 is 0 Å². The molecule has 3 rings (SSSR count). The highest BCUT2D eigenvalue weighted by Gasteiger charge is 2.22. The maximum absolute atomic E-state index is 12.4. The van der Waals surface area contributed by atoms with Crippen LogP contribution < -0.4 is 14.8 Å². The highest BCUT2D eigenvalue weighted by Crippen LogP contribution is 2.25. The molecule has 1 atom stereocenters. The summed E-state index contributed by atoms with van der Waals surface area (Å²) in [6.07, 6.45) is 2.21. The molecule has 1 N–H and O–H groups in total. The third kappa shape index (κ3) is 4.69. The van der Waals surface area contributed by atoms with Gasteiger partial charge in [0.05, 0.1) is 6.61 Å². The Kier molecular flexibility index (Phi) is 6.00. The summed E-state index contributed by atoms with van der Waals surface area (Å²) in [6, 6.07) is 15.0. The largest absolute Gasteiger partial charge is 0.494 e. The molecule has 0 spiro atoms. The Morgan fingerprint density at radius 1 is 1.00 bits per heavy atom. The van der Waals surface area contributed by atoms with Gasteiger partial charge in [0.1, 0.15) is 23.3 Å². The molecule has 0 bridgehead atoms. The van der Waals surface area contributed by atoms with Crippen LogP contribution in [0.2, 0.25) is 0 Å². The minimum absolute atomic E-state index is 0.164. The van der Waals surface area contributed by atoms with E-state index >= 15 is 0 Å². The maximum Gasteiger partial charge on any atom is 0.244 e. The zero-order valence-electron chi connectivity index (χ0n) is 15.4. The fraction of sp³-hybridized carbons (Fsp3) is 0.381. The summed E-state index contributed by atoms with van der Waals surface area (Å²) in [5.74, 6) is 2.50. The average Bonchev–Trinajstić information content (AvgIpc) is 3.19. The molecular weight excluding hydrogens is 328 g/mol. The van der Waals surface area contributed by atoms with E-state index in [1.807, 2.05) is 67.3 Å². The number of nitrogens with zero attached hydrogens (tertiary/aromatic N) is 1. The third-order valence-electron chi connectivity index (χ3n) is 4.40. The van der Waals surface area contributed by atoms with E-state index in [4.69, 9.17) is 9.47 Å². The standard InChI is InChI=1S/C21H26N2O3/c1-3-25-18-10-12-20(13-11-18)26-19-8-6-17(7-9-19)22-16(2)21(24)23-14-4-5-15-23/h6-13,16,22H,3-5,14-15H2,1-2H3/t16-/m1/s1. The Morgan fingerprint density at radius 3 is 2.12 bits per heavy atom. The van der Waals surface area contributed by atoms with E-state index in [1.54, 1.807) is 0 Å². The van der Waals surface area contributed by atoms with Crippen molar-refractivity contribution in [2.45, 2.75) is 32.7 Å². The second-order valence-electron chi connectivity index (χ2n) is 6.43. The molecule has 1 amide bonds. The molecule has 1 heterocycles. The summed E-state index contributed by atoms with van der Waals surface area (Å²) in [6.45, 7) is 6.26. The van der Waals surface area contributed by atoms with Crippen molar-refractivity contribution in [3.05, 3.63) is 48.5 Å². The fourth-order valence-corrected chi connectivity index (χ4v) is 3.05. The van der Waals surface area contributed by atoms with Gasteiger partial charge in [0.15, 0.2) is 0 Å². The summed E-state index contributed by atoms with van der Waals surface area (Å²) < 4.78 is 11.3. The lowest BCUT2D eigenvalue weighted by Crippen LogP contribution is -2.39. The van der Waals surface area contributed by atoms with E-state index in [0.29, 0.717) is 6.61 Å². The van der Waals surface area contributed by atoms with Crippen molar-refractivity contribution in [1.82, 2.24) is 4.90 Å². The monoisotopic (exact) mass is 354 g/mol. The van der Waals surface area contributed by atoms with Crippen molar-refractivity contribution in [2.75, 3.05) is 25.0 Å². The molecule has 2 aromatic carbocycles. The Bertz CT molecular complexity index is 707. The van der Waals surface area contributed by atoms with Gasteiger partial charge in [0.25, 0.3) is 0 Å².